The number of ketones is 1. The van der Waals surface area contributed by atoms with Gasteiger partial charge in [0.15, 0.2) is 0 Å². The molecule has 3 nitrogen and oxygen atoms in total. The first-order chi connectivity index (χ1) is 4.75. The van der Waals surface area contributed by atoms with Crippen LogP contribution in [-0.4, -0.2) is 15.3 Å². The Morgan fingerprint density at radius 2 is 2.60 bits per heavy atom. The number of aromatic nitrogens is 2. The van der Waals surface area contributed by atoms with Crippen molar-refractivity contribution in [3.8, 4) is 12.3 Å². The van der Waals surface area contributed by atoms with E-state index in [0.29, 0.717) is 5.69 Å². The Balaban J connectivity index is 3.08. The van der Waals surface area contributed by atoms with Crippen LogP contribution in [0.25, 0.3) is 0 Å². The molecule has 1 aromatic rings. The van der Waals surface area contributed by atoms with Gasteiger partial charge in [0.25, 0.3) is 5.78 Å². The summed E-state index contributed by atoms with van der Waals surface area (Å²) in [7, 11) is 1.72. The normalized spacial score (nSPS) is 8.80. The number of hydrogen-bond acceptors (Lipinski definition) is 2. The van der Waals surface area contributed by atoms with Crippen LogP contribution >= 0.6 is 0 Å². The lowest BCUT2D eigenvalue weighted by atomic mass is 10.3. The maximum absolute atomic E-state index is 10.8. The number of carbonyl (C=O) groups excluding carboxylic acids is 1. The zero-order valence-electron chi connectivity index (χ0n) is 5.53. The number of rotatable bonds is 1. The second-order valence-electron chi connectivity index (χ2n) is 1.86. The molecule has 0 atom stereocenters. The average molecular weight is 134 g/mol. The smallest absolute Gasteiger partial charge is 0.253 e. The summed E-state index contributed by atoms with van der Waals surface area (Å²) in [5, 5.41) is 0. The van der Waals surface area contributed by atoms with Crippen molar-refractivity contribution in [2.75, 3.05) is 0 Å². The second-order valence-corrected chi connectivity index (χ2v) is 1.86. The van der Waals surface area contributed by atoms with Gasteiger partial charge in [-0.1, -0.05) is 0 Å². The average Bonchev–Trinajstić information content (AvgIpc) is 2.34. The molecule has 0 saturated heterocycles. The topological polar surface area (TPSA) is 34.9 Å². The lowest BCUT2D eigenvalue weighted by Gasteiger charge is -1.91. The van der Waals surface area contributed by atoms with Gasteiger partial charge in [-0.25, -0.2) is 4.98 Å². The van der Waals surface area contributed by atoms with E-state index in [2.05, 4.69) is 4.98 Å². The maximum atomic E-state index is 10.8. The minimum Gasteiger partial charge on any atom is -0.330 e. The van der Waals surface area contributed by atoms with Crippen molar-refractivity contribution < 1.29 is 4.79 Å². The predicted molar refractivity (Wildman–Crippen MR) is 36.4 cm³/mol. The van der Waals surface area contributed by atoms with Crippen LogP contribution in [0.1, 0.15) is 10.5 Å². The summed E-state index contributed by atoms with van der Waals surface area (Å²) in [6.07, 6.45) is 7.87. The van der Waals surface area contributed by atoms with Crippen molar-refractivity contribution in [1.82, 2.24) is 9.55 Å². The van der Waals surface area contributed by atoms with Gasteiger partial charge in [-0.05, 0) is 5.92 Å². The Kier molecular flexibility index (Phi) is 1.55. The van der Waals surface area contributed by atoms with Gasteiger partial charge in [-0.3, -0.25) is 4.79 Å². The third-order valence-corrected chi connectivity index (χ3v) is 1.18. The number of aryl methyl sites for hydroxylation is 1. The summed E-state index contributed by atoms with van der Waals surface area (Å²) in [5.74, 6) is 1.68. The zero-order valence-corrected chi connectivity index (χ0v) is 5.53. The number of Topliss-reactive ketones (excluding diaryl/α,β-unsaturated/α-hetero) is 1. The third kappa shape index (κ3) is 0.914. The van der Waals surface area contributed by atoms with Gasteiger partial charge < -0.3 is 4.57 Å². The molecular formula is C7H6N2O. The Labute approximate surface area is 58.7 Å². The van der Waals surface area contributed by atoms with Crippen LogP contribution in [0.5, 0.6) is 0 Å². The molecule has 1 rings (SSSR count). The van der Waals surface area contributed by atoms with Crippen molar-refractivity contribution in [2.45, 2.75) is 0 Å². The molecular weight excluding hydrogens is 128 g/mol. The van der Waals surface area contributed by atoms with Gasteiger partial charge in [0.1, 0.15) is 5.69 Å². The van der Waals surface area contributed by atoms with E-state index in [9.17, 15) is 4.79 Å². The van der Waals surface area contributed by atoms with Crippen LogP contribution in [0.4, 0.5) is 0 Å². The number of imidazole rings is 1. The van der Waals surface area contributed by atoms with Crippen LogP contribution in [-0.2, 0) is 7.05 Å². The highest BCUT2D eigenvalue weighted by atomic mass is 16.1. The summed E-state index contributed by atoms with van der Waals surface area (Å²) < 4.78 is 1.59. The molecule has 0 aromatic carbocycles. The lowest BCUT2D eigenvalue weighted by Crippen LogP contribution is -2.01. The van der Waals surface area contributed by atoms with Gasteiger partial charge in [0.2, 0.25) is 0 Å². The molecule has 1 aromatic heterocycles. The van der Waals surface area contributed by atoms with Crippen LogP contribution in [0.2, 0.25) is 0 Å². The van der Waals surface area contributed by atoms with Crippen molar-refractivity contribution >= 4 is 5.78 Å². The number of nitrogens with zero attached hydrogens (tertiary/aromatic N) is 2. The highest BCUT2D eigenvalue weighted by Gasteiger charge is 2.04. The molecule has 0 bridgehead atoms. The van der Waals surface area contributed by atoms with Gasteiger partial charge in [0, 0.05) is 7.05 Å². The van der Waals surface area contributed by atoms with E-state index in [1.165, 1.54) is 12.5 Å². The van der Waals surface area contributed by atoms with Crippen molar-refractivity contribution in [2.24, 2.45) is 7.05 Å². The van der Waals surface area contributed by atoms with Crippen LogP contribution < -0.4 is 0 Å². The number of terminal acetylenes is 1. The Bertz CT molecular complexity index is 293. The van der Waals surface area contributed by atoms with E-state index in [1.807, 2.05) is 5.92 Å². The van der Waals surface area contributed by atoms with E-state index in [0.717, 1.165) is 0 Å². The molecule has 50 valence electrons. The summed E-state index contributed by atoms with van der Waals surface area (Å²) in [4.78, 5) is 14.5. The maximum Gasteiger partial charge on any atom is 0.253 e. The monoisotopic (exact) mass is 134 g/mol. The van der Waals surface area contributed by atoms with Gasteiger partial charge in [-0.15, -0.1) is 6.42 Å². The van der Waals surface area contributed by atoms with E-state index in [1.54, 1.807) is 11.6 Å². The first-order valence-electron chi connectivity index (χ1n) is 2.73. The Morgan fingerprint density at radius 3 is 3.00 bits per heavy atom. The molecule has 1 heterocycles. The minimum atomic E-state index is -0.333. The first-order valence-corrected chi connectivity index (χ1v) is 2.73. The highest BCUT2D eigenvalue weighted by molar-refractivity contribution is 6.07. The molecule has 0 fully saturated rings. The molecule has 0 amide bonds. The lowest BCUT2D eigenvalue weighted by molar-refractivity contribution is 0.104. The first kappa shape index (κ1) is 6.56. The Morgan fingerprint density at radius 1 is 1.90 bits per heavy atom. The van der Waals surface area contributed by atoms with Gasteiger partial charge >= 0.3 is 0 Å². The SMILES string of the molecule is C#CC(=O)c1cncn1C. The van der Waals surface area contributed by atoms with E-state index in [4.69, 9.17) is 6.42 Å². The molecule has 0 spiro atoms. The number of hydrogen-bond donors (Lipinski definition) is 0. The van der Waals surface area contributed by atoms with Crippen molar-refractivity contribution in [1.29, 1.82) is 0 Å². The molecule has 0 N–H and O–H groups in total. The summed E-state index contributed by atoms with van der Waals surface area (Å²) in [5.41, 5.74) is 0.447. The minimum absolute atomic E-state index is 0.333. The fraction of sp³-hybridized carbons (Fsp3) is 0.143. The summed E-state index contributed by atoms with van der Waals surface area (Å²) in [6, 6.07) is 0. The fourth-order valence-corrected chi connectivity index (χ4v) is 0.650. The molecule has 0 saturated carbocycles. The molecule has 0 aliphatic carbocycles. The van der Waals surface area contributed by atoms with Crippen molar-refractivity contribution in [3.05, 3.63) is 18.2 Å². The third-order valence-electron chi connectivity index (χ3n) is 1.18. The molecule has 0 aliphatic heterocycles. The molecule has 0 unspecified atom stereocenters. The van der Waals surface area contributed by atoms with Crippen molar-refractivity contribution in [3.63, 3.8) is 0 Å². The van der Waals surface area contributed by atoms with Crippen LogP contribution in [0, 0.1) is 12.3 Å². The zero-order chi connectivity index (χ0) is 7.56. The standard InChI is InChI=1S/C7H6N2O/c1-3-7(10)6-4-8-5-9(6)2/h1,4-5H,2H3. The summed E-state index contributed by atoms with van der Waals surface area (Å²) in [6.45, 7) is 0. The fourth-order valence-electron chi connectivity index (χ4n) is 0.650. The molecule has 10 heavy (non-hydrogen) atoms. The second kappa shape index (κ2) is 2.36. The van der Waals surface area contributed by atoms with Crippen LogP contribution in [0.15, 0.2) is 12.5 Å². The Hall–Kier alpha value is -1.56. The predicted octanol–water partition coefficient (Wildman–Crippen LogP) is 0.236. The highest BCUT2D eigenvalue weighted by Crippen LogP contribution is 1.95. The largest absolute Gasteiger partial charge is 0.330 e. The molecule has 3 heteroatoms. The van der Waals surface area contributed by atoms with E-state index in [-0.39, 0.29) is 5.78 Å². The van der Waals surface area contributed by atoms with Crippen LogP contribution in [0.3, 0.4) is 0 Å². The molecule has 0 radical (unpaired) electrons. The molecule has 0 aliphatic rings. The van der Waals surface area contributed by atoms with E-state index >= 15 is 0 Å². The quantitative estimate of drug-likeness (QED) is 0.313. The number of carbonyl (C=O) groups is 1. The van der Waals surface area contributed by atoms with Gasteiger partial charge in [-0.2, -0.15) is 0 Å². The summed E-state index contributed by atoms with van der Waals surface area (Å²) >= 11 is 0. The van der Waals surface area contributed by atoms with Gasteiger partial charge in [0.05, 0.1) is 12.5 Å². The van der Waals surface area contributed by atoms with E-state index < -0.39 is 0 Å².